The zero-order chi connectivity index (χ0) is 27.5. The average molecular weight is 533 g/mol. The van der Waals surface area contributed by atoms with E-state index in [-0.39, 0.29) is 47.2 Å². The Morgan fingerprint density at radius 3 is 2.69 bits per heavy atom. The Morgan fingerprint density at radius 2 is 1.97 bits per heavy atom. The molecule has 0 spiro atoms. The van der Waals surface area contributed by atoms with Gasteiger partial charge in [-0.05, 0) is 48.7 Å². The van der Waals surface area contributed by atoms with Gasteiger partial charge in [0.15, 0.2) is 11.4 Å². The minimum absolute atomic E-state index is 0.0782. The lowest BCUT2D eigenvalue weighted by atomic mass is 10.0. The second-order valence-electron chi connectivity index (χ2n) is 9.35. The highest BCUT2D eigenvalue weighted by Gasteiger charge is 2.21. The maximum atomic E-state index is 15.1. The van der Waals surface area contributed by atoms with E-state index in [1.165, 1.54) is 30.1 Å². The van der Waals surface area contributed by atoms with Gasteiger partial charge in [0.1, 0.15) is 23.2 Å². The third kappa shape index (κ3) is 5.32. The van der Waals surface area contributed by atoms with Gasteiger partial charge in [0.25, 0.3) is 5.91 Å². The average Bonchev–Trinajstić information content (AvgIpc) is 3.37. The highest BCUT2D eigenvalue weighted by atomic mass is 19.1. The number of furan rings is 1. The molecule has 39 heavy (non-hydrogen) atoms. The second-order valence-corrected chi connectivity index (χ2v) is 9.35. The summed E-state index contributed by atoms with van der Waals surface area (Å²) in [6.07, 6.45) is 2.71. The summed E-state index contributed by atoms with van der Waals surface area (Å²) >= 11 is 0. The van der Waals surface area contributed by atoms with Crippen LogP contribution in [0.1, 0.15) is 28.8 Å². The van der Waals surface area contributed by atoms with Crippen LogP contribution in [0.5, 0.6) is 0 Å². The molecule has 1 aliphatic rings. The minimum Gasteiger partial charge on any atom is -0.453 e. The molecule has 2 aromatic carbocycles. The van der Waals surface area contributed by atoms with Gasteiger partial charge in [-0.3, -0.25) is 4.79 Å². The Balaban J connectivity index is 1.50. The summed E-state index contributed by atoms with van der Waals surface area (Å²) < 4.78 is 41.5. The zero-order valence-corrected chi connectivity index (χ0v) is 21.2. The fourth-order valence-electron chi connectivity index (χ4n) is 4.66. The molecule has 5 rings (SSSR count). The highest BCUT2D eigenvalue weighted by molar-refractivity contribution is 5.96. The van der Waals surface area contributed by atoms with Crippen molar-refractivity contribution in [3.8, 4) is 28.5 Å². The quantitative estimate of drug-likeness (QED) is 0.346. The van der Waals surface area contributed by atoms with Gasteiger partial charge in [0.05, 0.1) is 35.2 Å². The van der Waals surface area contributed by atoms with Crippen LogP contribution in [0.2, 0.25) is 0 Å². The van der Waals surface area contributed by atoms with E-state index in [0.29, 0.717) is 35.5 Å². The third-order valence-electron chi connectivity index (χ3n) is 6.77. The number of aliphatic hydroxyl groups excluding tert-OH is 1. The molecule has 0 atom stereocenters. The topological polar surface area (TPSA) is 112 Å². The number of pyridine rings is 1. The largest absolute Gasteiger partial charge is 0.453 e. The molecule has 0 aliphatic carbocycles. The first-order valence-electron chi connectivity index (χ1n) is 12.5. The number of nitrogens with zero attached hydrogens (tertiary/aromatic N) is 3. The Kier molecular flexibility index (Phi) is 7.54. The first-order chi connectivity index (χ1) is 18.9. The first-order valence-corrected chi connectivity index (χ1v) is 12.5. The van der Waals surface area contributed by atoms with Crippen molar-refractivity contribution in [2.75, 3.05) is 38.7 Å². The Morgan fingerprint density at radius 1 is 1.18 bits per heavy atom. The lowest BCUT2D eigenvalue weighted by Crippen LogP contribution is -2.29. The van der Waals surface area contributed by atoms with Crippen molar-refractivity contribution in [1.29, 1.82) is 5.26 Å². The summed E-state index contributed by atoms with van der Waals surface area (Å²) in [5, 5.41) is 22.2. The number of amides is 1. The van der Waals surface area contributed by atoms with Crippen LogP contribution in [-0.2, 0) is 4.74 Å². The number of nitrogens with one attached hydrogen (secondary N) is 1. The molecular weight excluding hydrogens is 506 g/mol. The summed E-state index contributed by atoms with van der Waals surface area (Å²) in [5.41, 5.74) is 2.16. The smallest absolute Gasteiger partial charge is 0.253 e. The summed E-state index contributed by atoms with van der Waals surface area (Å²) in [5.74, 6) is -1.67. The SMILES string of the molecule is CN(CCO)C(=O)c1ccc(-c2cc3ncc(F)c(-c4ccc(NC5CCOCC5)c(C#N)c4)c3o2)c(F)c1. The number of aromatic nitrogens is 1. The van der Waals surface area contributed by atoms with Crippen molar-refractivity contribution in [2.45, 2.75) is 18.9 Å². The summed E-state index contributed by atoms with van der Waals surface area (Å²) in [7, 11) is 1.51. The number of ether oxygens (including phenoxy) is 1. The van der Waals surface area contributed by atoms with E-state index in [1.54, 1.807) is 18.2 Å². The summed E-state index contributed by atoms with van der Waals surface area (Å²) in [6, 6.07) is 12.8. The van der Waals surface area contributed by atoms with Crippen LogP contribution in [0.3, 0.4) is 0 Å². The van der Waals surface area contributed by atoms with Crippen molar-refractivity contribution in [3.05, 3.63) is 71.4 Å². The minimum atomic E-state index is -0.699. The predicted molar refractivity (Wildman–Crippen MR) is 141 cm³/mol. The van der Waals surface area contributed by atoms with Crippen molar-refractivity contribution in [1.82, 2.24) is 9.88 Å². The Hall–Kier alpha value is -4.33. The van der Waals surface area contributed by atoms with E-state index in [0.717, 1.165) is 25.1 Å². The predicted octanol–water partition coefficient (Wildman–Crippen LogP) is 4.97. The second kappa shape index (κ2) is 11.2. The fourth-order valence-corrected chi connectivity index (χ4v) is 4.66. The number of nitriles is 1. The molecule has 1 fully saturated rings. The molecule has 10 heteroatoms. The van der Waals surface area contributed by atoms with Crippen LogP contribution in [0.15, 0.2) is 53.1 Å². The van der Waals surface area contributed by atoms with E-state index >= 15 is 8.78 Å². The Labute approximate surface area is 223 Å². The number of hydrogen-bond acceptors (Lipinski definition) is 7. The van der Waals surface area contributed by atoms with Crippen molar-refractivity contribution >= 4 is 22.7 Å². The molecule has 4 aromatic rings. The molecule has 1 saturated heterocycles. The molecule has 2 aromatic heterocycles. The number of carbonyl (C=O) groups is 1. The molecule has 200 valence electrons. The molecule has 1 aliphatic heterocycles. The van der Waals surface area contributed by atoms with Gasteiger partial charge in [-0.15, -0.1) is 0 Å². The summed E-state index contributed by atoms with van der Waals surface area (Å²) in [6.45, 7) is 1.21. The van der Waals surface area contributed by atoms with Gasteiger partial charge in [-0.1, -0.05) is 6.07 Å². The van der Waals surface area contributed by atoms with Crippen molar-refractivity contribution in [3.63, 3.8) is 0 Å². The van der Waals surface area contributed by atoms with E-state index in [1.807, 2.05) is 0 Å². The molecule has 8 nitrogen and oxygen atoms in total. The Bertz CT molecular complexity index is 1570. The standard InChI is InChI=1S/C29H26F2N4O4/c1-35(8-9-36)29(37)18-2-4-21(22(30)13-18)26-14-25-28(39-26)27(23(31)16-33-25)17-3-5-24(19(12-17)15-32)34-20-6-10-38-11-7-20/h2-5,12-14,16,20,34,36H,6-11H2,1H3. The van der Waals surface area contributed by atoms with Gasteiger partial charge in [-0.2, -0.15) is 5.26 Å². The zero-order valence-electron chi connectivity index (χ0n) is 21.2. The van der Waals surface area contributed by atoms with Crippen LogP contribution < -0.4 is 5.32 Å². The van der Waals surface area contributed by atoms with Crippen LogP contribution in [0, 0.1) is 23.0 Å². The lowest BCUT2D eigenvalue weighted by Gasteiger charge is -2.24. The molecule has 0 unspecified atom stereocenters. The van der Waals surface area contributed by atoms with Gasteiger partial charge in [0, 0.05) is 44.5 Å². The maximum Gasteiger partial charge on any atom is 0.253 e. The van der Waals surface area contributed by atoms with Gasteiger partial charge < -0.3 is 24.5 Å². The maximum absolute atomic E-state index is 15.1. The normalized spacial score (nSPS) is 13.8. The number of likely N-dealkylation sites (N-methyl/N-ethyl adjacent to an activating group) is 1. The number of halogens is 2. The van der Waals surface area contributed by atoms with E-state index in [9.17, 15) is 10.1 Å². The number of carbonyl (C=O) groups excluding carboxylic acids is 1. The van der Waals surface area contributed by atoms with Gasteiger partial charge in [-0.25, -0.2) is 13.8 Å². The molecule has 2 N–H and O–H groups in total. The first kappa shape index (κ1) is 26.3. The third-order valence-corrected chi connectivity index (χ3v) is 6.77. The molecule has 3 heterocycles. The molecule has 0 saturated carbocycles. The molecule has 0 radical (unpaired) electrons. The van der Waals surface area contributed by atoms with Crippen LogP contribution >= 0.6 is 0 Å². The molecule has 0 bridgehead atoms. The molecule has 1 amide bonds. The molecular formula is C29H26F2N4O4. The van der Waals surface area contributed by atoms with E-state index < -0.39 is 17.5 Å². The van der Waals surface area contributed by atoms with Gasteiger partial charge in [0.2, 0.25) is 0 Å². The van der Waals surface area contributed by atoms with E-state index in [4.69, 9.17) is 14.3 Å². The fraction of sp³-hybridized carbons (Fsp3) is 0.276. The number of rotatable bonds is 7. The number of fused-ring (bicyclic) bond motifs is 1. The highest BCUT2D eigenvalue weighted by Crippen LogP contribution is 2.37. The number of aliphatic hydroxyl groups is 1. The van der Waals surface area contributed by atoms with Crippen LogP contribution in [-0.4, -0.2) is 60.4 Å². The van der Waals surface area contributed by atoms with E-state index in [2.05, 4.69) is 16.4 Å². The van der Waals surface area contributed by atoms with Gasteiger partial charge >= 0.3 is 0 Å². The lowest BCUT2D eigenvalue weighted by molar-refractivity contribution is 0.0766. The summed E-state index contributed by atoms with van der Waals surface area (Å²) in [4.78, 5) is 17.8. The van der Waals surface area contributed by atoms with Crippen LogP contribution in [0.4, 0.5) is 14.5 Å². The number of benzene rings is 2. The number of hydrogen-bond donors (Lipinski definition) is 2. The monoisotopic (exact) mass is 532 g/mol. The number of anilines is 1. The van der Waals surface area contributed by atoms with Crippen molar-refractivity contribution in [2.24, 2.45) is 0 Å². The van der Waals surface area contributed by atoms with Crippen molar-refractivity contribution < 1.29 is 27.8 Å². The van der Waals surface area contributed by atoms with Crippen LogP contribution in [0.25, 0.3) is 33.6 Å².